The van der Waals surface area contributed by atoms with Gasteiger partial charge in [-0.1, -0.05) is 12.1 Å². The number of benzene rings is 1. The number of para-hydroxylation sites is 1. The molecule has 2 aromatic heterocycles. The highest BCUT2D eigenvalue weighted by molar-refractivity contribution is 5.73. The number of aromatic nitrogens is 3. The van der Waals surface area contributed by atoms with Gasteiger partial charge in [0.15, 0.2) is 5.52 Å². The highest BCUT2D eigenvalue weighted by Crippen LogP contribution is 2.33. The molecular formula is C15H10F3N3O. The number of rotatable bonds is 1. The summed E-state index contributed by atoms with van der Waals surface area (Å²) in [5.41, 5.74) is -1.38. The van der Waals surface area contributed by atoms with Crippen molar-refractivity contribution in [3.63, 3.8) is 0 Å². The van der Waals surface area contributed by atoms with Gasteiger partial charge in [-0.25, -0.2) is 9.97 Å². The Morgan fingerprint density at radius 2 is 1.82 bits per heavy atom. The fourth-order valence-electron chi connectivity index (χ4n) is 2.32. The lowest BCUT2D eigenvalue weighted by Gasteiger charge is -2.16. The predicted octanol–water partition coefficient (Wildman–Crippen LogP) is 3.11. The minimum Gasteiger partial charge on any atom is -0.266 e. The van der Waals surface area contributed by atoms with Gasteiger partial charge in [0.25, 0.3) is 5.56 Å². The Labute approximate surface area is 122 Å². The summed E-state index contributed by atoms with van der Waals surface area (Å²) in [4.78, 5) is 20.6. The van der Waals surface area contributed by atoms with Gasteiger partial charge in [-0.05, 0) is 31.2 Å². The van der Waals surface area contributed by atoms with Crippen LogP contribution in [0.5, 0.6) is 0 Å². The summed E-state index contributed by atoms with van der Waals surface area (Å²) in [7, 11) is 0. The van der Waals surface area contributed by atoms with Crippen LogP contribution in [0.2, 0.25) is 0 Å². The van der Waals surface area contributed by atoms with E-state index in [0.29, 0.717) is 5.52 Å². The number of alkyl halides is 3. The van der Waals surface area contributed by atoms with Gasteiger partial charge in [-0.2, -0.15) is 13.2 Å². The molecule has 0 N–H and O–H groups in total. The average molecular weight is 305 g/mol. The molecule has 0 spiro atoms. The second kappa shape index (κ2) is 4.94. The molecular weight excluding hydrogens is 295 g/mol. The van der Waals surface area contributed by atoms with Crippen LogP contribution >= 0.6 is 0 Å². The molecule has 0 unspecified atom stereocenters. The van der Waals surface area contributed by atoms with Crippen molar-refractivity contribution in [1.29, 1.82) is 0 Å². The summed E-state index contributed by atoms with van der Waals surface area (Å²) in [5.74, 6) is 0.169. The Morgan fingerprint density at radius 1 is 1.09 bits per heavy atom. The van der Waals surface area contributed by atoms with E-state index >= 15 is 0 Å². The normalized spacial score (nSPS) is 11.8. The van der Waals surface area contributed by atoms with Gasteiger partial charge in [0.2, 0.25) is 0 Å². The van der Waals surface area contributed by atoms with Crippen LogP contribution in [0.25, 0.3) is 16.7 Å². The van der Waals surface area contributed by atoms with E-state index in [2.05, 4.69) is 9.97 Å². The maximum absolute atomic E-state index is 13.2. The van der Waals surface area contributed by atoms with Crippen molar-refractivity contribution in [2.24, 2.45) is 0 Å². The van der Waals surface area contributed by atoms with Crippen LogP contribution in [-0.2, 0) is 6.18 Å². The fourth-order valence-corrected chi connectivity index (χ4v) is 2.32. The molecule has 0 fully saturated rings. The summed E-state index contributed by atoms with van der Waals surface area (Å²) in [6.45, 7) is 1.49. The predicted molar refractivity (Wildman–Crippen MR) is 74.9 cm³/mol. The molecule has 0 aliphatic carbocycles. The fraction of sp³-hybridized carbons (Fsp3) is 0.133. The van der Waals surface area contributed by atoms with Crippen molar-refractivity contribution < 1.29 is 13.2 Å². The van der Waals surface area contributed by atoms with E-state index in [1.807, 2.05) is 0 Å². The minimum atomic E-state index is -4.57. The monoisotopic (exact) mass is 305 g/mol. The van der Waals surface area contributed by atoms with Gasteiger partial charge in [0.1, 0.15) is 5.82 Å². The lowest BCUT2D eigenvalue weighted by Crippen LogP contribution is -2.25. The van der Waals surface area contributed by atoms with Gasteiger partial charge in [0, 0.05) is 6.20 Å². The van der Waals surface area contributed by atoms with Crippen LogP contribution in [-0.4, -0.2) is 14.5 Å². The minimum absolute atomic E-state index is 0.0325. The molecule has 0 bridgehead atoms. The molecule has 0 radical (unpaired) electrons. The molecule has 0 aliphatic heterocycles. The highest BCUT2D eigenvalue weighted by atomic mass is 19.4. The third-order valence-electron chi connectivity index (χ3n) is 3.25. The number of aryl methyl sites for hydroxylation is 1. The molecule has 3 aromatic rings. The van der Waals surface area contributed by atoms with Gasteiger partial charge < -0.3 is 0 Å². The first-order valence-electron chi connectivity index (χ1n) is 6.40. The SMILES string of the molecule is Cc1nc2cccnc2c(=O)n1-c1ccccc1C(F)(F)F. The van der Waals surface area contributed by atoms with Crippen LogP contribution < -0.4 is 5.56 Å². The summed E-state index contributed by atoms with van der Waals surface area (Å²) >= 11 is 0. The summed E-state index contributed by atoms with van der Waals surface area (Å²) < 4.78 is 40.4. The van der Waals surface area contributed by atoms with Crippen LogP contribution in [0.1, 0.15) is 11.4 Å². The molecule has 0 saturated carbocycles. The van der Waals surface area contributed by atoms with E-state index < -0.39 is 17.3 Å². The van der Waals surface area contributed by atoms with Gasteiger partial charge in [-0.15, -0.1) is 0 Å². The zero-order valence-corrected chi connectivity index (χ0v) is 11.4. The molecule has 4 nitrogen and oxygen atoms in total. The quantitative estimate of drug-likeness (QED) is 0.694. The Balaban J connectivity index is 2.40. The zero-order valence-electron chi connectivity index (χ0n) is 11.4. The lowest BCUT2D eigenvalue weighted by molar-refractivity contribution is -0.137. The maximum atomic E-state index is 13.2. The first-order valence-corrected chi connectivity index (χ1v) is 6.40. The molecule has 3 rings (SSSR count). The second-order valence-corrected chi connectivity index (χ2v) is 4.69. The molecule has 1 aromatic carbocycles. The number of fused-ring (bicyclic) bond motifs is 1. The molecule has 0 saturated heterocycles. The standard InChI is InChI=1S/C15H10F3N3O/c1-9-20-11-6-4-8-19-13(11)14(22)21(9)12-7-3-2-5-10(12)15(16,17)18/h2-8H,1H3. The number of hydrogen-bond acceptors (Lipinski definition) is 3. The van der Waals surface area contributed by atoms with Crippen molar-refractivity contribution in [2.75, 3.05) is 0 Å². The van der Waals surface area contributed by atoms with Crippen molar-refractivity contribution in [3.8, 4) is 5.69 Å². The topological polar surface area (TPSA) is 47.8 Å². The Morgan fingerprint density at radius 3 is 2.55 bits per heavy atom. The van der Waals surface area contributed by atoms with Crippen molar-refractivity contribution >= 4 is 11.0 Å². The van der Waals surface area contributed by atoms with Crippen molar-refractivity contribution in [1.82, 2.24) is 14.5 Å². The molecule has 2 heterocycles. The second-order valence-electron chi connectivity index (χ2n) is 4.69. The molecule has 22 heavy (non-hydrogen) atoms. The van der Waals surface area contributed by atoms with E-state index in [-0.39, 0.29) is 17.0 Å². The van der Waals surface area contributed by atoms with Gasteiger partial charge in [-0.3, -0.25) is 9.36 Å². The smallest absolute Gasteiger partial charge is 0.266 e. The molecule has 0 amide bonds. The van der Waals surface area contributed by atoms with Crippen LogP contribution in [0.15, 0.2) is 47.4 Å². The van der Waals surface area contributed by atoms with Crippen LogP contribution in [0, 0.1) is 6.92 Å². The summed E-state index contributed by atoms with van der Waals surface area (Å²) in [5, 5.41) is 0. The zero-order chi connectivity index (χ0) is 15.9. The van der Waals surface area contributed by atoms with E-state index in [0.717, 1.165) is 10.6 Å². The third-order valence-corrected chi connectivity index (χ3v) is 3.25. The van der Waals surface area contributed by atoms with Crippen molar-refractivity contribution in [3.05, 3.63) is 64.3 Å². The Kier molecular flexibility index (Phi) is 3.20. The first-order chi connectivity index (χ1) is 10.4. The van der Waals surface area contributed by atoms with E-state index in [4.69, 9.17) is 0 Å². The Hall–Kier alpha value is -2.70. The number of pyridine rings is 1. The first kappa shape index (κ1) is 14.2. The van der Waals surface area contributed by atoms with E-state index in [1.54, 1.807) is 12.1 Å². The number of nitrogens with zero attached hydrogens (tertiary/aromatic N) is 3. The molecule has 0 atom stereocenters. The summed E-state index contributed by atoms with van der Waals surface area (Å²) in [6, 6.07) is 8.11. The van der Waals surface area contributed by atoms with Crippen LogP contribution in [0.3, 0.4) is 0 Å². The number of halogens is 3. The molecule has 0 aliphatic rings. The average Bonchev–Trinajstić information content (AvgIpc) is 2.47. The largest absolute Gasteiger partial charge is 0.418 e. The van der Waals surface area contributed by atoms with E-state index in [1.165, 1.54) is 31.3 Å². The van der Waals surface area contributed by atoms with E-state index in [9.17, 15) is 18.0 Å². The van der Waals surface area contributed by atoms with Gasteiger partial charge in [0.05, 0.1) is 16.8 Å². The van der Waals surface area contributed by atoms with Gasteiger partial charge >= 0.3 is 6.18 Å². The molecule has 7 heteroatoms. The Bertz CT molecular complexity index is 916. The highest BCUT2D eigenvalue weighted by Gasteiger charge is 2.34. The number of hydrogen-bond donors (Lipinski definition) is 0. The third kappa shape index (κ3) is 2.24. The maximum Gasteiger partial charge on any atom is 0.418 e. The molecule has 112 valence electrons. The van der Waals surface area contributed by atoms with Crippen LogP contribution in [0.4, 0.5) is 13.2 Å². The lowest BCUT2D eigenvalue weighted by atomic mass is 10.1. The summed E-state index contributed by atoms with van der Waals surface area (Å²) in [6.07, 6.45) is -3.16. The van der Waals surface area contributed by atoms with Crippen molar-refractivity contribution in [2.45, 2.75) is 13.1 Å².